The Bertz CT molecular complexity index is 915. The molecule has 6 nitrogen and oxygen atoms in total. The van der Waals surface area contributed by atoms with Crippen LogP contribution in [0.4, 0.5) is 0 Å². The standard InChI is InChI=1S/C19H26N4O2S/c1-13(2)12-16-19-20-18(15-8-9-15)21-22(19)10-11-23(16)26(24,25)17-7-5-4-6-14(17)3/h4-7,13,15-16H,8-12H2,1-3H3/t16-/m0/s1. The van der Waals surface area contributed by atoms with Crippen LogP contribution in [0.25, 0.3) is 0 Å². The van der Waals surface area contributed by atoms with Crippen LogP contribution in [-0.2, 0) is 16.6 Å². The Morgan fingerprint density at radius 2 is 1.92 bits per heavy atom. The van der Waals surface area contributed by atoms with Crippen molar-refractivity contribution < 1.29 is 8.42 Å². The number of fused-ring (bicyclic) bond motifs is 1. The van der Waals surface area contributed by atoms with Crippen molar-refractivity contribution in [2.24, 2.45) is 5.92 Å². The van der Waals surface area contributed by atoms with Gasteiger partial charge in [-0.1, -0.05) is 32.0 Å². The lowest BCUT2D eigenvalue weighted by atomic mass is 10.0. The van der Waals surface area contributed by atoms with Crippen LogP contribution in [-0.4, -0.2) is 34.0 Å². The minimum atomic E-state index is -3.57. The zero-order valence-electron chi connectivity index (χ0n) is 15.6. The zero-order valence-corrected chi connectivity index (χ0v) is 16.4. The van der Waals surface area contributed by atoms with Gasteiger partial charge >= 0.3 is 0 Å². The SMILES string of the molecule is Cc1ccccc1S(=O)(=O)N1CCn2nc(C3CC3)nc2[C@@H]1CC(C)C. The third kappa shape index (κ3) is 3.07. The van der Waals surface area contributed by atoms with Crippen LogP contribution in [0.5, 0.6) is 0 Å². The van der Waals surface area contributed by atoms with Crippen molar-refractivity contribution in [3.8, 4) is 0 Å². The van der Waals surface area contributed by atoms with Crippen LogP contribution in [0.3, 0.4) is 0 Å². The molecule has 1 aliphatic carbocycles. The van der Waals surface area contributed by atoms with E-state index in [-0.39, 0.29) is 6.04 Å². The summed E-state index contributed by atoms with van der Waals surface area (Å²) >= 11 is 0. The number of rotatable bonds is 5. The van der Waals surface area contributed by atoms with E-state index in [9.17, 15) is 8.42 Å². The lowest BCUT2D eigenvalue weighted by molar-refractivity contribution is 0.222. The lowest BCUT2D eigenvalue weighted by Crippen LogP contribution is -2.43. The normalized spacial score (nSPS) is 21.2. The fourth-order valence-corrected chi connectivity index (χ4v) is 5.52. The number of hydrogen-bond donors (Lipinski definition) is 0. The molecule has 2 aromatic rings. The average molecular weight is 375 g/mol. The Balaban J connectivity index is 1.76. The molecule has 0 bridgehead atoms. The maximum Gasteiger partial charge on any atom is 0.244 e. The Labute approximate surface area is 155 Å². The van der Waals surface area contributed by atoms with Gasteiger partial charge in [-0.05, 0) is 43.7 Å². The summed E-state index contributed by atoms with van der Waals surface area (Å²) in [6.07, 6.45) is 3.03. The van der Waals surface area contributed by atoms with Crippen molar-refractivity contribution in [3.63, 3.8) is 0 Å². The molecule has 26 heavy (non-hydrogen) atoms. The van der Waals surface area contributed by atoms with Gasteiger partial charge in [0.2, 0.25) is 10.0 Å². The molecule has 2 heterocycles. The third-order valence-corrected chi connectivity index (χ3v) is 7.28. The predicted molar refractivity (Wildman–Crippen MR) is 99.3 cm³/mol. The second-order valence-corrected chi connectivity index (χ2v) is 9.71. The van der Waals surface area contributed by atoms with E-state index in [4.69, 9.17) is 4.98 Å². The van der Waals surface area contributed by atoms with Crippen molar-refractivity contribution >= 4 is 10.0 Å². The molecule has 0 saturated heterocycles. The molecule has 1 fully saturated rings. The molecule has 140 valence electrons. The van der Waals surface area contributed by atoms with Crippen molar-refractivity contribution in [2.45, 2.75) is 63.4 Å². The molecule has 7 heteroatoms. The first-order valence-electron chi connectivity index (χ1n) is 9.40. The fourth-order valence-electron chi connectivity index (χ4n) is 3.71. The van der Waals surface area contributed by atoms with Gasteiger partial charge < -0.3 is 0 Å². The highest BCUT2D eigenvalue weighted by Gasteiger charge is 2.40. The summed E-state index contributed by atoms with van der Waals surface area (Å²) in [6, 6.07) is 6.95. The topological polar surface area (TPSA) is 68.1 Å². The molecule has 1 aromatic heterocycles. The van der Waals surface area contributed by atoms with Gasteiger partial charge in [0, 0.05) is 12.5 Å². The molecule has 0 N–H and O–H groups in total. The molecule has 4 rings (SSSR count). The summed E-state index contributed by atoms with van der Waals surface area (Å²) in [5.74, 6) is 2.53. The Hall–Kier alpha value is -1.73. The van der Waals surface area contributed by atoms with Gasteiger partial charge in [0.15, 0.2) is 5.82 Å². The monoisotopic (exact) mass is 374 g/mol. The first kappa shape index (κ1) is 17.7. The highest BCUT2D eigenvalue weighted by Crippen LogP contribution is 2.41. The molecule has 0 unspecified atom stereocenters. The zero-order chi connectivity index (χ0) is 18.5. The van der Waals surface area contributed by atoms with Gasteiger partial charge in [0.25, 0.3) is 0 Å². The van der Waals surface area contributed by atoms with Crippen LogP contribution in [0.2, 0.25) is 0 Å². The summed E-state index contributed by atoms with van der Waals surface area (Å²) in [7, 11) is -3.57. The Morgan fingerprint density at radius 3 is 2.58 bits per heavy atom. The number of nitrogens with zero attached hydrogens (tertiary/aromatic N) is 4. The van der Waals surface area contributed by atoms with Crippen molar-refractivity contribution in [2.75, 3.05) is 6.54 Å². The first-order valence-corrected chi connectivity index (χ1v) is 10.8. The summed E-state index contributed by atoms with van der Waals surface area (Å²) in [5, 5.41) is 4.66. The van der Waals surface area contributed by atoms with Gasteiger partial charge in [0.05, 0.1) is 17.5 Å². The number of benzene rings is 1. The predicted octanol–water partition coefficient (Wildman–Crippen LogP) is 3.26. The number of hydrogen-bond acceptors (Lipinski definition) is 4. The van der Waals surface area contributed by atoms with E-state index in [1.807, 2.05) is 23.7 Å². The lowest BCUT2D eigenvalue weighted by Gasteiger charge is -2.35. The number of aromatic nitrogens is 3. The summed E-state index contributed by atoms with van der Waals surface area (Å²) in [4.78, 5) is 5.17. The minimum Gasteiger partial charge on any atom is -0.247 e. The molecule has 1 aromatic carbocycles. The molecule has 0 radical (unpaired) electrons. The van der Waals surface area contributed by atoms with Crippen LogP contribution >= 0.6 is 0 Å². The van der Waals surface area contributed by atoms with E-state index in [1.165, 1.54) is 0 Å². The van der Waals surface area contributed by atoms with Gasteiger partial charge in [-0.15, -0.1) is 0 Å². The van der Waals surface area contributed by atoms with E-state index in [0.29, 0.717) is 29.8 Å². The Kier molecular flexibility index (Phi) is 4.39. The minimum absolute atomic E-state index is 0.256. The van der Waals surface area contributed by atoms with Gasteiger partial charge in [0.1, 0.15) is 5.82 Å². The second kappa shape index (κ2) is 6.46. The quantitative estimate of drug-likeness (QED) is 0.806. The van der Waals surface area contributed by atoms with E-state index in [0.717, 1.165) is 36.5 Å². The third-order valence-electron chi connectivity index (χ3n) is 5.21. The molecule has 1 aliphatic heterocycles. The van der Waals surface area contributed by atoms with Gasteiger partial charge in [-0.2, -0.15) is 9.40 Å². The van der Waals surface area contributed by atoms with E-state index in [1.54, 1.807) is 16.4 Å². The highest BCUT2D eigenvalue weighted by atomic mass is 32.2. The van der Waals surface area contributed by atoms with Crippen molar-refractivity contribution in [1.29, 1.82) is 0 Å². The van der Waals surface area contributed by atoms with Crippen molar-refractivity contribution in [1.82, 2.24) is 19.1 Å². The van der Waals surface area contributed by atoms with Crippen molar-refractivity contribution in [3.05, 3.63) is 41.5 Å². The highest BCUT2D eigenvalue weighted by molar-refractivity contribution is 7.89. The smallest absolute Gasteiger partial charge is 0.244 e. The van der Waals surface area contributed by atoms with E-state index in [2.05, 4.69) is 18.9 Å². The van der Waals surface area contributed by atoms with E-state index < -0.39 is 10.0 Å². The Morgan fingerprint density at radius 1 is 1.19 bits per heavy atom. The summed E-state index contributed by atoms with van der Waals surface area (Å²) in [6.45, 7) is 7.09. The van der Waals surface area contributed by atoms with Gasteiger partial charge in [-0.25, -0.2) is 18.1 Å². The molecular weight excluding hydrogens is 348 g/mol. The van der Waals surface area contributed by atoms with Crippen LogP contribution in [0.1, 0.15) is 62.3 Å². The molecule has 0 spiro atoms. The van der Waals surface area contributed by atoms with Crippen LogP contribution in [0.15, 0.2) is 29.2 Å². The maximum atomic E-state index is 13.4. The molecule has 2 aliphatic rings. The largest absolute Gasteiger partial charge is 0.247 e. The molecule has 0 amide bonds. The average Bonchev–Trinajstić information content (AvgIpc) is 3.34. The summed E-state index contributed by atoms with van der Waals surface area (Å²) < 4.78 is 30.4. The van der Waals surface area contributed by atoms with E-state index >= 15 is 0 Å². The summed E-state index contributed by atoms with van der Waals surface area (Å²) in [5.41, 5.74) is 0.779. The number of aryl methyl sites for hydroxylation is 1. The second-order valence-electron chi connectivity index (χ2n) is 7.85. The molecule has 1 atom stereocenters. The fraction of sp³-hybridized carbons (Fsp3) is 0.579. The van der Waals surface area contributed by atoms with Gasteiger partial charge in [-0.3, -0.25) is 0 Å². The first-order chi connectivity index (χ1) is 12.4. The maximum absolute atomic E-state index is 13.4. The van der Waals surface area contributed by atoms with Crippen LogP contribution in [0, 0.1) is 12.8 Å². The molecular formula is C19H26N4O2S. The number of sulfonamides is 1. The molecule has 1 saturated carbocycles. The van der Waals surface area contributed by atoms with Crippen LogP contribution < -0.4 is 0 Å².